The highest BCUT2D eigenvalue weighted by atomic mass is 15.1. The van der Waals surface area contributed by atoms with Crippen molar-refractivity contribution in [2.24, 2.45) is 0 Å². The van der Waals surface area contributed by atoms with Crippen molar-refractivity contribution in [3.63, 3.8) is 0 Å². The van der Waals surface area contributed by atoms with Crippen molar-refractivity contribution in [1.82, 2.24) is 4.90 Å². The lowest BCUT2D eigenvalue weighted by molar-refractivity contribution is 0.292. The first-order valence-corrected chi connectivity index (χ1v) is 9.40. The third kappa shape index (κ3) is 3.49. The van der Waals surface area contributed by atoms with Gasteiger partial charge in [-0.3, -0.25) is 0 Å². The van der Waals surface area contributed by atoms with Gasteiger partial charge in [-0.15, -0.1) is 0 Å². The van der Waals surface area contributed by atoms with Crippen LogP contribution in [0.2, 0.25) is 0 Å². The third-order valence-electron chi connectivity index (χ3n) is 5.33. The van der Waals surface area contributed by atoms with Crippen molar-refractivity contribution in [3.05, 3.63) is 113 Å². The zero-order valence-electron chi connectivity index (χ0n) is 15.3. The number of rotatable bonds is 3. The predicted molar refractivity (Wildman–Crippen MR) is 110 cm³/mol. The molecule has 26 heavy (non-hydrogen) atoms. The van der Waals surface area contributed by atoms with Crippen molar-refractivity contribution < 1.29 is 0 Å². The Labute approximate surface area is 156 Å². The molecule has 0 aromatic heterocycles. The molecule has 0 radical (unpaired) electrons. The third-order valence-corrected chi connectivity index (χ3v) is 5.33. The van der Waals surface area contributed by atoms with E-state index >= 15 is 0 Å². The molecule has 0 N–H and O–H groups in total. The van der Waals surface area contributed by atoms with E-state index in [0.717, 1.165) is 19.5 Å². The van der Waals surface area contributed by atoms with Crippen LogP contribution in [0.3, 0.4) is 0 Å². The smallest absolute Gasteiger partial charge is 0.0185 e. The molecule has 1 fully saturated rings. The van der Waals surface area contributed by atoms with Crippen LogP contribution in [-0.2, 0) is 0 Å². The van der Waals surface area contributed by atoms with Gasteiger partial charge in [-0.05, 0) is 35.7 Å². The summed E-state index contributed by atoms with van der Waals surface area (Å²) >= 11 is 0. The molecule has 3 aromatic carbocycles. The van der Waals surface area contributed by atoms with Crippen LogP contribution in [-0.4, -0.2) is 25.0 Å². The topological polar surface area (TPSA) is 3.24 Å². The predicted octanol–water partition coefficient (Wildman–Crippen LogP) is 5.61. The number of likely N-dealkylation sites (tertiary alicyclic amines) is 1. The summed E-state index contributed by atoms with van der Waals surface area (Å²) in [6.45, 7) is 2.18. The van der Waals surface area contributed by atoms with Crippen LogP contribution in [0.15, 0.2) is 96.6 Å². The number of nitrogens with zero attached hydrogens (tertiary/aromatic N) is 1. The Balaban J connectivity index is 1.92. The Morgan fingerprint density at radius 3 is 1.77 bits per heavy atom. The zero-order valence-corrected chi connectivity index (χ0v) is 15.3. The summed E-state index contributed by atoms with van der Waals surface area (Å²) in [5, 5.41) is 0. The standard InChI is InChI=1S/C25H25N/c1-26-18-17-23(24(19-26)20-11-5-2-6-12-20)25(21-13-7-3-8-14-21)22-15-9-4-10-16-22/h2-16,24H,17-19H2,1H3/t24-/m0/s1. The maximum atomic E-state index is 2.45. The van der Waals surface area contributed by atoms with Crippen LogP contribution < -0.4 is 0 Å². The fourth-order valence-electron chi connectivity index (χ4n) is 4.04. The molecule has 130 valence electrons. The van der Waals surface area contributed by atoms with Crippen molar-refractivity contribution in [1.29, 1.82) is 0 Å². The van der Waals surface area contributed by atoms with Crippen molar-refractivity contribution in [3.8, 4) is 0 Å². The van der Waals surface area contributed by atoms with Crippen molar-refractivity contribution in [2.75, 3.05) is 20.1 Å². The average molecular weight is 339 g/mol. The summed E-state index contributed by atoms with van der Waals surface area (Å²) in [7, 11) is 2.23. The Morgan fingerprint density at radius 2 is 1.23 bits per heavy atom. The Kier molecular flexibility index (Phi) is 4.99. The van der Waals surface area contributed by atoms with E-state index in [1.54, 1.807) is 5.57 Å². The maximum Gasteiger partial charge on any atom is 0.0185 e. The normalized spacial score (nSPS) is 17.9. The Hall–Kier alpha value is -2.64. The van der Waals surface area contributed by atoms with Gasteiger partial charge in [-0.25, -0.2) is 0 Å². The number of hydrogen-bond donors (Lipinski definition) is 0. The molecule has 1 heterocycles. The van der Waals surface area contributed by atoms with Crippen molar-refractivity contribution >= 4 is 5.57 Å². The lowest BCUT2D eigenvalue weighted by Crippen LogP contribution is -2.33. The molecule has 0 spiro atoms. The van der Waals surface area contributed by atoms with Gasteiger partial charge in [-0.1, -0.05) is 96.6 Å². The lowest BCUT2D eigenvalue weighted by Gasteiger charge is -2.35. The molecular formula is C25H25N. The van der Waals surface area contributed by atoms with Crippen LogP contribution in [0.5, 0.6) is 0 Å². The fraction of sp³-hybridized carbons (Fsp3) is 0.200. The van der Waals surface area contributed by atoms with Gasteiger partial charge in [0, 0.05) is 19.0 Å². The van der Waals surface area contributed by atoms with Crippen molar-refractivity contribution in [2.45, 2.75) is 12.3 Å². The minimum absolute atomic E-state index is 0.436. The minimum atomic E-state index is 0.436. The second-order valence-electron chi connectivity index (χ2n) is 7.11. The van der Waals surface area contributed by atoms with Gasteiger partial charge in [0.25, 0.3) is 0 Å². The Bertz CT molecular complexity index is 824. The van der Waals surface area contributed by atoms with E-state index in [2.05, 4.69) is 103 Å². The molecule has 3 aromatic rings. The molecule has 1 aliphatic heterocycles. The van der Waals surface area contributed by atoms with Gasteiger partial charge < -0.3 is 4.90 Å². The van der Waals surface area contributed by atoms with E-state index in [1.165, 1.54) is 22.3 Å². The zero-order chi connectivity index (χ0) is 17.8. The second-order valence-corrected chi connectivity index (χ2v) is 7.11. The molecular weight excluding hydrogens is 314 g/mol. The van der Waals surface area contributed by atoms with E-state index in [-0.39, 0.29) is 0 Å². The van der Waals surface area contributed by atoms with E-state index in [1.807, 2.05) is 0 Å². The van der Waals surface area contributed by atoms with Gasteiger partial charge in [-0.2, -0.15) is 0 Å². The molecule has 1 heteroatoms. The molecule has 1 saturated heterocycles. The largest absolute Gasteiger partial charge is 0.305 e. The van der Waals surface area contributed by atoms with Crippen LogP contribution in [0.4, 0.5) is 0 Å². The molecule has 1 nitrogen and oxygen atoms in total. The summed E-state index contributed by atoms with van der Waals surface area (Å²) in [6, 6.07) is 32.7. The van der Waals surface area contributed by atoms with Gasteiger partial charge >= 0.3 is 0 Å². The van der Waals surface area contributed by atoms with Gasteiger partial charge in [0.2, 0.25) is 0 Å². The molecule has 1 aliphatic rings. The molecule has 0 bridgehead atoms. The molecule has 0 aliphatic carbocycles. The van der Waals surface area contributed by atoms with Crippen LogP contribution in [0, 0.1) is 0 Å². The summed E-state index contributed by atoms with van der Waals surface area (Å²) < 4.78 is 0. The average Bonchev–Trinajstić information content (AvgIpc) is 2.71. The molecule has 0 saturated carbocycles. The maximum absolute atomic E-state index is 2.45. The van der Waals surface area contributed by atoms with E-state index in [0.29, 0.717) is 5.92 Å². The first kappa shape index (κ1) is 16.8. The summed E-state index contributed by atoms with van der Waals surface area (Å²) in [5.41, 5.74) is 7.02. The lowest BCUT2D eigenvalue weighted by atomic mass is 9.79. The van der Waals surface area contributed by atoms with Gasteiger partial charge in [0.1, 0.15) is 0 Å². The molecule has 0 amide bonds. The van der Waals surface area contributed by atoms with E-state index in [9.17, 15) is 0 Å². The van der Waals surface area contributed by atoms with Crippen LogP contribution in [0.25, 0.3) is 5.57 Å². The number of benzene rings is 3. The first-order chi connectivity index (χ1) is 12.8. The number of likely N-dealkylation sites (N-methyl/N-ethyl adjacent to an activating group) is 1. The highest BCUT2D eigenvalue weighted by Gasteiger charge is 2.27. The first-order valence-electron chi connectivity index (χ1n) is 9.40. The summed E-state index contributed by atoms with van der Waals surface area (Å²) in [5.74, 6) is 0.436. The van der Waals surface area contributed by atoms with E-state index < -0.39 is 0 Å². The fourth-order valence-corrected chi connectivity index (χ4v) is 4.04. The van der Waals surface area contributed by atoms with Crippen LogP contribution >= 0.6 is 0 Å². The number of piperidine rings is 1. The quantitative estimate of drug-likeness (QED) is 0.600. The summed E-state index contributed by atoms with van der Waals surface area (Å²) in [4.78, 5) is 2.45. The molecule has 4 rings (SSSR count). The minimum Gasteiger partial charge on any atom is -0.305 e. The monoisotopic (exact) mass is 339 g/mol. The molecule has 0 unspecified atom stereocenters. The highest BCUT2D eigenvalue weighted by molar-refractivity contribution is 5.83. The van der Waals surface area contributed by atoms with Crippen LogP contribution in [0.1, 0.15) is 29.0 Å². The summed E-state index contributed by atoms with van der Waals surface area (Å²) in [6.07, 6.45) is 1.11. The van der Waals surface area contributed by atoms with Gasteiger partial charge in [0.15, 0.2) is 0 Å². The second kappa shape index (κ2) is 7.72. The Morgan fingerprint density at radius 1 is 0.731 bits per heavy atom. The van der Waals surface area contributed by atoms with Gasteiger partial charge in [0.05, 0.1) is 0 Å². The number of hydrogen-bond acceptors (Lipinski definition) is 1. The van der Waals surface area contributed by atoms with E-state index in [4.69, 9.17) is 0 Å². The highest BCUT2D eigenvalue weighted by Crippen LogP contribution is 2.39. The SMILES string of the molecule is CN1CCC(=C(c2ccccc2)c2ccccc2)[C@H](c2ccccc2)C1. The molecule has 1 atom stereocenters.